The normalized spacial score (nSPS) is 14.2. The van der Waals surface area contributed by atoms with Crippen molar-refractivity contribution in [3.63, 3.8) is 0 Å². The van der Waals surface area contributed by atoms with Crippen molar-refractivity contribution in [2.75, 3.05) is 32.7 Å². The molecule has 0 bridgehead atoms. The third-order valence-electron chi connectivity index (χ3n) is 4.94. The maximum absolute atomic E-state index is 11.6. The van der Waals surface area contributed by atoms with Gasteiger partial charge < -0.3 is 15.5 Å². The van der Waals surface area contributed by atoms with Gasteiger partial charge in [-0.15, -0.1) is 24.0 Å². The summed E-state index contributed by atoms with van der Waals surface area (Å²) in [6.07, 6.45) is 3.57. The van der Waals surface area contributed by atoms with E-state index in [2.05, 4.69) is 65.0 Å². The van der Waals surface area contributed by atoms with Gasteiger partial charge in [0, 0.05) is 39.1 Å². The van der Waals surface area contributed by atoms with Crippen LogP contribution in [0.2, 0.25) is 0 Å². The molecule has 2 aromatic rings. The van der Waals surface area contributed by atoms with Gasteiger partial charge in [0.1, 0.15) is 0 Å². The van der Waals surface area contributed by atoms with Crippen molar-refractivity contribution >= 4 is 46.6 Å². The standard InChI is InChI=1S/C22H30N4O.HI/c1-2-23-22(24-14-7-17-26-16-6-12-21(26)27)25-15-13-19-10-5-9-18-8-3-4-11-20(18)19;/h3-5,8-11H,2,6-7,12-17H2,1H3,(H2,23,24,25);1H. The van der Waals surface area contributed by atoms with Gasteiger partial charge in [-0.25, -0.2) is 0 Å². The molecule has 1 saturated heterocycles. The Morgan fingerprint density at radius 2 is 1.96 bits per heavy atom. The number of amides is 1. The van der Waals surface area contributed by atoms with Crippen LogP contribution in [0.1, 0.15) is 31.7 Å². The molecule has 1 aliphatic rings. The second-order valence-electron chi connectivity index (χ2n) is 6.91. The lowest BCUT2D eigenvalue weighted by atomic mass is 10.0. The zero-order valence-corrected chi connectivity index (χ0v) is 18.9. The first kappa shape index (κ1) is 22.5. The van der Waals surface area contributed by atoms with Crippen LogP contribution in [0.25, 0.3) is 10.8 Å². The molecule has 0 unspecified atom stereocenters. The first-order valence-corrected chi connectivity index (χ1v) is 10.0. The van der Waals surface area contributed by atoms with Gasteiger partial charge in [-0.05, 0) is 42.5 Å². The zero-order valence-electron chi connectivity index (χ0n) is 16.6. The van der Waals surface area contributed by atoms with E-state index >= 15 is 0 Å². The van der Waals surface area contributed by atoms with Crippen LogP contribution in [0.4, 0.5) is 0 Å². The first-order valence-electron chi connectivity index (χ1n) is 10.0. The Bertz CT molecular complexity index is 788. The van der Waals surface area contributed by atoms with E-state index in [9.17, 15) is 4.79 Å². The molecule has 1 fully saturated rings. The van der Waals surface area contributed by atoms with Crippen LogP contribution in [0.15, 0.2) is 47.5 Å². The minimum Gasteiger partial charge on any atom is -0.357 e. The van der Waals surface area contributed by atoms with Gasteiger partial charge in [-0.3, -0.25) is 9.79 Å². The first-order chi connectivity index (χ1) is 13.3. The summed E-state index contributed by atoms with van der Waals surface area (Å²) in [5.74, 6) is 1.14. The molecule has 0 saturated carbocycles. The summed E-state index contributed by atoms with van der Waals surface area (Å²) in [6.45, 7) is 6.21. The third-order valence-corrected chi connectivity index (χ3v) is 4.94. The van der Waals surface area contributed by atoms with Gasteiger partial charge in [0.05, 0.1) is 0 Å². The molecule has 2 aromatic carbocycles. The molecule has 0 aromatic heterocycles. The molecule has 1 amide bonds. The molecule has 6 heteroatoms. The Hall–Kier alpha value is -1.83. The van der Waals surface area contributed by atoms with Crippen molar-refractivity contribution in [1.82, 2.24) is 15.5 Å². The van der Waals surface area contributed by atoms with E-state index in [-0.39, 0.29) is 24.0 Å². The van der Waals surface area contributed by atoms with Crippen LogP contribution in [0.5, 0.6) is 0 Å². The summed E-state index contributed by atoms with van der Waals surface area (Å²) < 4.78 is 0. The number of halogens is 1. The number of aliphatic imine (C=N–C) groups is 1. The molecule has 0 spiro atoms. The van der Waals surface area contributed by atoms with Gasteiger partial charge in [-0.1, -0.05) is 42.5 Å². The van der Waals surface area contributed by atoms with E-state index in [1.54, 1.807) is 0 Å². The third kappa shape index (κ3) is 6.36. The molecular formula is C22H31IN4O. The molecule has 2 N–H and O–H groups in total. The lowest BCUT2D eigenvalue weighted by Gasteiger charge is -2.15. The van der Waals surface area contributed by atoms with E-state index in [4.69, 9.17) is 0 Å². The van der Waals surface area contributed by atoms with E-state index in [1.165, 1.54) is 16.3 Å². The highest BCUT2D eigenvalue weighted by molar-refractivity contribution is 14.0. The molecular weight excluding hydrogens is 463 g/mol. The number of fused-ring (bicyclic) bond motifs is 1. The number of hydrogen-bond donors (Lipinski definition) is 2. The number of likely N-dealkylation sites (tertiary alicyclic amines) is 1. The van der Waals surface area contributed by atoms with E-state index in [0.29, 0.717) is 12.3 Å². The molecule has 152 valence electrons. The Balaban J connectivity index is 0.00000280. The van der Waals surface area contributed by atoms with E-state index < -0.39 is 0 Å². The fourth-order valence-electron chi connectivity index (χ4n) is 3.56. The van der Waals surface area contributed by atoms with Crippen molar-refractivity contribution in [3.05, 3.63) is 48.0 Å². The highest BCUT2D eigenvalue weighted by atomic mass is 127. The predicted octanol–water partition coefficient (Wildman–Crippen LogP) is 3.57. The Morgan fingerprint density at radius 3 is 2.75 bits per heavy atom. The minimum absolute atomic E-state index is 0. The Labute approximate surface area is 185 Å². The number of guanidine groups is 1. The molecule has 0 radical (unpaired) electrons. The molecule has 1 aliphatic heterocycles. The fraction of sp³-hybridized carbons (Fsp3) is 0.455. The molecule has 0 atom stereocenters. The number of nitrogens with zero attached hydrogens (tertiary/aromatic N) is 2. The summed E-state index contributed by atoms with van der Waals surface area (Å²) in [4.78, 5) is 18.2. The van der Waals surface area contributed by atoms with Crippen molar-refractivity contribution in [2.45, 2.75) is 32.6 Å². The fourth-order valence-corrected chi connectivity index (χ4v) is 3.56. The molecule has 1 heterocycles. The largest absolute Gasteiger partial charge is 0.357 e. The van der Waals surface area contributed by atoms with Crippen molar-refractivity contribution in [3.8, 4) is 0 Å². The lowest BCUT2D eigenvalue weighted by molar-refractivity contribution is -0.127. The number of rotatable bonds is 8. The van der Waals surface area contributed by atoms with Crippen LogP contribution in [-0.4, -0.2) is 49.5 Å². The second-order valence-corrected chi connectivity index (χ2v) is 6.91. The lowest BCUT2D eigenvalue weighted by Crippen LogP contribution is -2.38. The molecule has 3 rings (SSSR count). The Kier molecular flexibility index (Phi) is 9.54. The highest BCUT2D eigenvalue weighted by Crippen LogP contribution is 2.18. The van der Waals surface area contributed by atoms with Crippen LogP contribution >= 0.6 is 24.0 Å². The van der Waals surface area contributed by atoms with Gasteiger partial charge in [0.15, 0.2) is 5.96 Å². The maximum Gasteiger partial charge on any atom is 0.222 e. The average molecular weight is 494 g/mol. The summed E-state index contributed by atoms with van der Waals surface area (Å²) in [5.41, 5.74) is 1.35. The summed E-state index contributed by atoms with van der Waals surface area (Å²) in [5, 5.41) is 9.33. The smallest absolute Gasteiger partial charge is 0.222 e. The van der Waals surface area contributed by atoms with Gasteiger partial charge >= 0.3 is 0 Å². The highest BCUT2D eigenvalue weighted by Gasteiger charge is 2.18. The number of benzene rings is 2. The Morgan fingerprint density at radius 1 is 1.14 bits per heavy atom. The van der Waals surface area contributed by atoms with Gasteiger partial charge in [0.2, 0.25) is 5.91 Å². The average Bonchev–Trinajstić information content (AvgIpc) is 3.10. The molecule has 28 heavy (non-hydrogen) atoms. The minimum atomic E-state index is 0. The van der Waals surface area contributed by atoms with Crippen LogP contribution in [0, 0.1) is 0 Å². The topological polar surface area (TPSA) is 56.7 Å². The quantitative estimate of drug-likeness (QED) is 0.256. The van der Waals surface area contributed by atoms with E-state index in [1.807, 2.05) is 4.90 Å². The van der Waals surface area contributed by atoms with Gasteiger partial charge in [0.25, 0.3) is 0 Å². The van der Waals surface area contributed by atoms with Gasteiger partial charge in [-0.2, -0.15) is 0 Å². The number of nitrogens with one attached hydrogen (secondary N) is 2. The SMILES string of the molecule is CCNC(=NCCCN1CCCC1=O)NCCc1cccc2ccccc12.I. The van der Waals surface area contributed by atoms with Crippen LogP contribution in [0.3, 0.4) is 0 Å². The maximum atomic E-state index is 11.6. The number of hydrogen-bond acceptors (Lipinski definition) is 2. The predicted molar refractivity (Wildman–Crippen MR) is 127 cm³/mol. The monoisotopic (exact) mass is 494 g/mol. The van der Waals surface area contributed by atoms with Crippen molar-refractivity contribution in [2.24, 2.45) is 4.99 Å². The number of carbonyl (C=O) groups excluding carboxylic acids is 1. The summed E-state index contributed by atoms with van der Waals surface area (Å²) in [6, 6.07) is 15.0. The van der Waals surface area contributed by atoms with Crippen molar-refractivity contribution in [1.29, 1.82) is 0 Å². The second kappa shape index (κ2) is 11.9. The molecule has 5 nitrogen and oxygen atoms in total. The summed E-state index contributed by atoms with van der Waals surface area (Å²) in [7, 11) is 0. The van der Waals surface area contributed by atoms with Crippen molar-refractivity contribution < 1.29 is 4.79 Å². The zero-order chi connectivity index (χ0) is 18.9. The summed E-state index contributed by atoms with van der Waals surface area (Å²) >= 11 is 0. The van der Waals surface area contributed by atoms with Crippen LogP contribution < -0.4 is 10.6 Å². The number of carbonyl (C=O) groups is 1. The van der Waals surface area contributed by atoms with Crippen LogP contribution in [-0.2, 0) is 11.2 Å². The van der Waals surface area contributed by atoms with E-state index in [0.717, 1.165) is 57.9 Å². The molecule has 0 aliphatic carbocycles.